The molecule has 1 aromatic heterocycles. The molecule has 7 heteroatoms. The molecular formula is C21H27N5S2+2. The molecule has 0 bridgehead atoms. The van der Waals surface area contributed by atoms with Crippen molar-refractivity contribution in [1.29, 1.82) is 0 Å². The van der Waals surface area contributed by atoms with Gasteiger partial charge in [-0.15, -0.1) is 11.7 Å². The first-order chi connectivity index (χ1) is 13.7. The van der Waals surface area contributed by atoms with Crippen molar-refractivity contribution in [3.8, 4) is 0 Å². The van der Waals surface area contributed by atoms with E-state index >= 15 is 0 Å². The summed E-state index contributed by atoms with van der Waals surface area (Å²) in [5, 5.41) is 11.4. The van der Waals surface area contributed by atoms with Gasteiger partial charge in [-0.2, -0.15) is 4.68 Å². The van der Waals surface area contributed by atoms with E-state index in [-0.39, 0.29) is 0 Å². The molecule has 0 aliphatic carbocycles. The van der Waals surface area contributed by atoms with Crippen molar-refractivity contribution in [2.45, 2.75) is 13.2 Å². The number of quaternary nitrogens is 2. The standard InChI is InChI=1S/C21H25N5S2/c1-2-10-22-20-23-26(21(27)28-20)16-25-13-11-24(12-14-25)15-18-8-5-7-17-6-3-4-9-19(17)18/h2-9H,1,10-16H2,(H,22,23)/p+2. The molecule has 2 heterocycles. The minimum atomic E-state index is 0.714. The topological polar surface area (TPSA) is 38.7 Å². The van der Waals surface area contributed by atoms with Gasteiger partial charge in [0, 0.05) is 12.1 Å². The van der Waals surface area contributed by atoms with Gasteiger partial charge in [0.2, 0.25) is 5.13 Å². The summed E-state index contributed by atoms with van der Waals surface area (Å²) in [5.74, 6) is 0. The largest absolute Gasteiger partial charge is 0.357 e. The Balaban J connectivity index is 1.34. The summed E-state index contributed by atoms with van der Waals surface area (Å²) in [6.07, 6.45) is 1.83. The van der Waals surface area contributed by atoms with E-state index in [1.807, 2.05) is 10.8 Å². The molecule has 0 radical (unpaired) electrons. The van der Waals surface area contributed by atoms with Crippen molar-refractivity contribution in [2.24, 2.45) is 0 Å². The Morgan fingerprint density at radius 2 is 1.86 bits per heavy atom. The molecule has 0 amide bonds. The Hall–Kier alpha value is -2.06. The lowest BCUT2D eigenvalue weighted by Gasteiger charge is -2.29. The average Bonchev–Trinajstić information content (AvgIpc) is 3.07. The molecule has 28 heavy (non-hydrogen) atoms. The Kier molecular flexibility index (Phi) is 6.17. The van der Waals surface area contributed by atoms with Gasteiger partial charge in [0.05, 0.1) is 0 Å². The third kappa shape index (κ3) is 4.50. The van der Waals surface area contributed by atoms with Gasteiger partial charge >= 0.3 is 0 Å². The predicted octanol–water partition coefficient (Wildman–Crippen LogP) is 1.37. The summed E-state index contributed by atoms with van der Waals surface area (Å²) >= 11 is 7.02. The quantitative estimate of drug-likeness (QED) is 0.405. The second-order valence-corrected chi connectivity index (χ2v) is 8.94. The maximum atomic E-state index is 5.48. The number of benzene rings is 2. The van der Waals surface area contributed by atoms with Crippen LogP contribution in [0.3, 0.4) is 0 Å². The average molecular weight is 414 g/mol. The monoisotopic (exact) mass is 413 g/mol. The summed E-state index contributed by atoms with van der Waals surface area (Å²) in [5.41, 5.74) is 1.45. The van der Waals surface area contributed by atoms with Crippen LogP contribution in [-0.4, -0.2) is 42.5 Å². The Morgan fingerprint density at radius 1 is 1.11 bits per heavy atom. The van der Waals surface area contributed by atoms with Crippen molar-refractivity contribution in [3.05, 3.63) is 64.6 Å². The molecule has 5 nitrogen and oxygen atoms in total. The van der Waals surface area contributed by atoms with Crippen LogP contribution in [0.4, 0.5) is 5.13 Å². The van der Waals surface area contributed by atoms with E-state index < -0.39 is 0 Å². The van der Waals surface area contributed by atoms with Crippen LogP contribution in [-0.2, 0) is 13.2 Å². The van der Waals surface area contributed by atoms with Crippen molar-refractivity contribution in [2.75, 3.05) is 38.0 Å². The summed E-state index contributed by atoms with van der Waals surface area (Å²) in [4.78, 5) is 3.22. The number of rotatable bonds is 7. The fourth-order valence-corrected chi connectivity index (χ4v) is 4.87. The van der Waals surface area contributed by atoms with Crippen LogP contribution >= 0.6 is 23.6 Å². The lowest BCUT2D eigenvalue weighted by molar-refractivity contribution is -1.03. The first-order valence-electron chi connectivity index (χ1n) is 9.79. The number of hydrogen-bond donors (Lipinski definition) is 3. The first kappa shape index (κ1) is 19.3. The van der Waals surface area contributed by atoms with Gasteiger partial charge in [0.15, 0.2) is 10.6 Å². The van der Waals surface area contributed by atoms with Gasteiger partial charge in [-0.05, 0) is 23.0 Å². The van der Waals surface area contributed by atoms with E-state index in [0.29, 0.717) is 6.54 Å². The summed E-state index contributed by atoms with van der Waals surface area (Å²) in [6, 6.07) is 15.4. The predicted molar refractivity (Wildman–Crippen MR) is 119 cm³/mol. The molecule has 4 rings (SSSR count). The van der Waals surface area contributed by atoms with Crippen molar-refractivity contribution in [1.82, 2.24) is 9.78 Å². The second kappa shape index (κ2) is 8.96. The zero-order valence-corrected chi connectivity index (χ0v) is 17.6. The van der Waals surface area contributed by atoms with Crippen LogP contribution in [0.1, 0.15) is 5.56 Å². The highest BCUT2D eigenvalue weighted by atomic mass is 32.1. The van der Waals surface area contributed by atoms with Crippen LogP contribution in [0.15, 0.2) is 55.1 Å². The zero-order chi connectivity index (χ0) is 19.3. The Morgan fingerprint density at radius 3 is 2.68 bits per heavy atom. The van der Waals surface area contributed by atoms with E-state index in [1.165, 1.54) is 40.8 Å². The molecular weight excluding hydrogens is 386 g/mol. The van der Waals surface area contributed by atoms with Crippen molar-refractivity contribution in [3.63, 3.8) is 0 Å². The number of piperazine rings is 1. The minimum absolute atomic E-state index is 0.714. The van der Waals surface area contributed by atoms with Gasteiger partial charge in [-0.3, -0.25) is 0 Å². The molecule has 0 spiro atoms. The maximum Gasteiger partial charge on any atom is 0.205 e. The van der Waals surface area contributed by atoms with Crippen LogP contribution in [0.5, 0.6) is 0 Å². The highest BCUT2D eigenvalue weighted by Gasteiger charge is 2.24. The minimum Gasteiger partial charge on any atom is -0.357 e. The van der Waals surface area contributed by atoms with E-state index in [1.54, 1.807) is 9.80 Å². The fourth-order valence-electron chi connectivity index (χ4n) is 3.86. The first-order valence-corrected chi connectivity index (χ1v) is 11.0. The maximum absolute atomic E-state index is 5.48. The fraction of sp³-hybridized carbons (Fsp3) is 0.333. The third-order valence-electron chi connectivity index (χ3n) is 5.36. The van der Waals surface area contributed by atoms with E-state index in [0.717, 1.165) is 35.4 Å². The van der Waals surface area contributed by atoms with Gasteiger partial charge in [0.1, 0.15) is 32.7 Å². The van der Waals surface area contributed by atoms with Gasteiger partial charge < -0.3 is 15.1 Å². The third-order valence-corrected chi connectivity index (χ3v) is 6.63. The molecule has 1 aliphatic rings. The zero-order valence-electron chi connectivity index (χ0n) is 16.0. The molecule has 146 valence electrons. The van der Waals surface area contributed by atoms with Crippen LogP contribution in [0.2, 0.25) is 0 Å². The lowest BCUT2D eigenvalue weighted by atomic mass is 10.0. The molecule has 1 fully saturated rings. The van der Waals surface area contributed by atoms with Crippen LogP contribution in [0, 0.1) is 3.95 Å². The SMILES string of the molecule is C=CCNc1nn(C[NH+]2CC[NH+](Cc3cccc4ccccc34)CC2)c(=S)s1. The molecule has 0 atom stereocenters. The van der Waals surface area contributed by atoms with Crippen molar-refractivity contribution < 1.29 is 9.80 Å². The number of anilines is 1. The highest BCUT2D eigenvalue weighted by molar-refractivity contribution is 7.73. The summed E-state index contributed by atoms with van der Waals surface area (Å²) in [6.45, 7) is 11.0. The van der Waals surface area contributed by atoms with Gasteiger partial charge in [-0.1, -0.05) is 59.9 Å². The highest BCUT2D eigenvalue weighted by Crippen LogP contribution is 2.17. The normalized spacial score (nSPS) is 19.6. The van der Waals surface area contributed by atoms with Crippen molar-refractivity contribution >= 4 is 39.5 Å². The lowest BCUT2D eigenvalue weighted by Crippen LogP contribution is -3.27. The van der Waals surface area contributed by atoms with E-state index in [4.69, 9.17) is 12.2 Å². The van der Waals surface area contributed by atoms with E-state index in [9.17, 15) is 0 Å². The molecule has 1 aliphatic heterocycles. The summed E-state index contributed by atoms with van der Waals surface area (Å²) in [7, 11) is 0. The molecule has 0 unspecified atom stereocenters. The molecule has 1 saturated heterocycles. The Bertz CT molecular complexity index is 996. The molecule has 3 N–H and O–H groups in total. The Labute approximate surface area is 174 Å². The number of aromatic nitrogens is 2. The number of hydrogen-bond acceptors (Lipinski definition) is 4. The van der Waals surface area contributed by atoms with Crippen LogP contribution in [0.25, 0.3) is 10.8 Å². The molecule has 2 aromatic carbocycles. The smallest absolute Gasteiger partial charge is 0.205 e. The second-order valence-electron chi connectivity index (χ2n) is 7.32. The summed E-state index contributed by atoms with van der Waals surface area (Å²) < 4.78 is 2.81. The number of nitrogens with zero attached hydrogens (tertiary/aromatic N) is 2. The molecule has 3 aromatic rings. The van der Waals surface area contributed by atoms with Crippen LogP contribution < -0.4 is 15.1 Å². The van der Waals surface area contributed by atoms with Gasteiger partial charge in [0.25, 0.3) is 0 Å². The number of fused-ring (bicyclic) bond motifs is 1. The van der Waals surface area contributed by atoms with Gasteiger partial charge in [-0.25, -0.2) is 0 Å². The number of nitrogens with one attached hydrogen (secondary N) is 3. The van der Waals surface area contributed by atoms with E-state index in [2.05, 4.69) is 59.5 Å². The molecule has 0 saturated carbocycles.